The lowest BCUT2D eigenvalue weighted by molar-refractivity contribution is 0.271. The van der Waals surface area contributed by atoms with Crippen LogP contribution in [0.4, 0.5) is 0 Å². The standard InChI is InChI=1S/C15H22N2O3S/c1-20-14-4-6-15(7-5-14)21(18,19)17-9-11-2-3-13(16)8-12(11)10-17/h4-7,11-13H,2-3,8-10,16H2,1H3/t11-,12+,13?/m1/s1. The van der Waals surface area contributed by atoms with E-state index in [1.807, 2.05) is 0 Å². The molecule has 1 aliphatic heterocycles. The average Bonchev–Trinajstić information content (AvgIpc) is 2.91. The third-order valence-electron chi connectivity index (χ3n) is 4.75. The zero-order valence-electron chi connectivity index (χ0n) is 12.2. The zero-order chi connectivity index (χ0) is 15.0. The molecule has 1 aliphatic carbocycles. The van der Waals surface area contributed by atoms with Crippen molar-refractivity contribution in [3.63, 3.8) is 0 Å². The summed E-state index contributed by atoms with van der Waals surface area (Å²) in [7, 11) is -1.84. The quantitative estimate of drug-likeness (QED) is 0.917. The van der Waals surface area contributed by atoms with Gasteiger partial charge >= 0.3 is 0 Å². The summed E-state index contributed by atoms with van der Waals surface area (Å²) in [5.41, 5.74) is 6.01. The summed E-state index contributed by atoms with van der Waals surface area (Å²) in [6, 6.07) is 6.83. The molecule has 1 aromatic carbocycles. The van der Waals surface area contributed by atoms with Gasteiger partial charge in [0.2, 0.25) is 10.0 Å². The van der Waals surface area contributed by atoms with Gasteiger partial charge in [0.1, 0.15) is 5.75 Å². The molecule has 0 radical (unpaired) electrons. The molecule has 6 heteroatoms. The molecular formula is C15H22N2O3S. The highest BCUT2D eigenvalue weighted by atomic mass is 32.2. The minimum atomic E-state index is -3.40. The number of sulfonamides is 1. The van der Waals surface area contributed by atoms with E-state index in [1.54, 1.807) is 35.7 Å². The van der Waals surface area contributed by atoms with Crippen LogP contribution in [0.5, 0.6) is 5.75 Å². The van der Waals surface area contributed by atoms with E-state index in [1.165, 1.54) is 0 Å². The molecule has 1 saturated carbocycles. The molecule has 0 bridgehead atoms. The molecule has 2 N–H and O–H groups in total. The van der Waals surface area contributed by atoms with E-state index in [-0.39, 0.29) is 6.04 Å². The highest BCUT2D eigenvalue weighted by Crippen LogP contribution is 2.38. The van der Waals surface area contributed by atoms with Crippen molar-refractivity contribution >= 4 is 10.0 Å². The lowest BCUT2D eigenvalue weighted by Gasteiger charge is -2.28. The molecule has 0 aromatic heterocycles. The Morgan fingerprint density at radius 1 is 1.14 bits per heavy atom. The van der Waals surface area contributed by atoms with Gasteiger partial charge in [0.25, 0.3) is 0 Å². The largest absolute Gasteiger partial charge is 0.497 e. The molecule has 3 rings (SSSR count). The van der Waals surface area contributed by atoms with Gasteiger partial charge in [-0.15, -0.1) is 0 Å². The first-order valence-electron chi connectivity index (χ1n) is 7.40. The van der Waals surface area contributed by atoms with Crippen LogP contribution in [0.2, 0.25) is 0 Å². The summed E-state index contributed by atoms with van der Waals surface area (Å²) >= 11 is 0. The molecule has 2 aliphatic rings. The Morgan fingerprint density at radius 2 is 1.81 bits per heavy atom. The highest BCUT2D eigenvalue weighted by molar-refractivity contribution is 7.89. The van der Waals surface area contributed by atoms with Gasteiger partial charge in [-0.3, -0.25) is 0 Å². The third-order valence-corrected chi connectivity index (χ3v) is 6.60. The van der Waals surface area contributed by atoms with Crippen LogP contribution in [0.25, 0.3) is 0 Å². The Morgan fingerprint density at radius 3 is 2.48 bits per heavy atom. The number of methoxy groups -OCH3 is 1. The first-order chi connectivity index (χ1) is 10.0. The van der Waals surface area contributed by atoms with Gasteiger partial charge in [0, 0.05) is 19.1 Å². The second-order valence-corrected chi connectivity index (χ2v) is 8.03. The van der Waals surface area contributed by atoms with Crippen LogP contribution in [0.3, 0.4) is 0 Å². The summed E-state index contributed by atoms with van der Waals surface area (Å²) in [5.74, 6) is 1.55. The number of nitrogens with two attached hydrogens (primary N) is 1. The molecular weight excluding hydrogens is 288 g/mol. The van der Waals surface area contributed by atoms with Gasteiger partial charge in [-0.05, 0) is 55.4 Å². The van der Waals surface area contributed by atoms with Crippen molar-refractivity contribution < 1.29 is 13.2 Å². The maximum Gasteiger partial charge on any atom is 0.243 e. The van der Waals surface area contributed by atoms with Crippen molar-refractivity contribution in [2.75, 3.05) is 20.2 Å². The lowest BCUT2D eigenvalue weighted by atomic mass is 9.79. The van der Waals surface area contributed by atoms with E-state index in [9.17, 15) is 8.42 Å². The van der Waals surface area contributed by atoms with Gasteiger partial charge in [-0.2, -0.15) is 4.31 Å². The predicted octanol–water partition coefficient (Wildman–Crippen LogP) is 1.44. The second-order valence-electron chi connectivity index (χ2n) is 6.09. The monoisotopic (exact) mass is 310 g/mol. The van der Waals surface area contributed by atoms with E-state index in [0.717, 1.165) is 19.3 Å². The predicted molar refractivity (Wildman–Crippen MR) is 80.6 cm³/mol. The molecule has 0 amide bonds. The van der Waals surface area contributed by atoms with E-state index < -0.39 is 10.0 Å². The fourth-order valence-corrected chi connectivity index (χ4v) is 5.07. The first-order valence-corrected chi connectivity index (χ1v) is 8.84. The molecule has 21 heavy (non-hydrogen) atoms. The van der Waals surface area contributed by atoms with E-state index in [2.05, 4.69) is 0 Å². The number of rotatable bonds is 3. The van der Waals surface area contributed by atoms with Crippen molar-refractivity contribution in [2.45, 2.75) is 30.2 Å². The van der Waals surface area contributed by atoms with E-state index >= 15 is 0 Å². The van der Waals surface area contributed by atoms with Gasteiger partial charge in [0.15, 0.2) is 0 Å². The highest BCUT2D eigenvalue weighted by Gasteiger charge is 2.41. The van der Waals surface area contributed by atoms with Crippen molar-refractivity contribution in [3.8, 4) is 5.75 Å². The third kappa shape index (κ3) is 2.80. The molecule has 1 heterocycles. The summed E-state index contributed by atoms with van der Waals surface area (Å²) in [5, 5.41) is 0. The van der Waals surface area contributed by atoms with Crippen LogP contribution in [0.1, 0.15) is 19.3 Å². The van der Waals surface area contributed by atoms with Gasteiger partial charge in [-0.25, -0.2) is 8.42 Å². The van der Waals surface area contributed by atoms with Crippen LogP contribution in [0.15, 0.2) is 29.2 Å². The second kappa shape index (κ2) is 5.59. The maximum atomic E-state index is 12.7. The lowest BCUT2D eigenvalue weighted by Crippen LogP contribution is -2.32. The number of ether oxygens (including phenoxy) is 1. The summed E-state index contributed by atoms with van der Waals surface area (Å²) in [6.07, 6.45) is 3.00. The first kappa shape index (κ1) is 14.8. The van der Waals surface area contributed by atoms with Crippen molar-refractivity contribution in [1.29, 1.82) is 0 Å². The number of hydrogen-bond donors (Lipinski definition) is 1. The summed E-state index contributed by atoms with van der Waals surface area (Å²) < 4.78 is 32.1. The number of benzene rings is 1. The SMILES string of the molecule is COc1ccc(S(=O)(=O)N2C[C@H]3CCC(N)C[C@H]3C2)cc1. The molecule has 3 atom stereocenters. The Balaban J connectivity index is 1.79. The molecule has 1 unspecified atom stereocenters. The summed E-state index contributed by atoms with van der Waals surface area (Å²) in [6.45, 7) is 1.23. The number of hydrogen-bond acceptors (Lipinski definition) is 4. The van der Waals surface area contributed by atoms with Crippen LogP contribution >= 0.6 is 0 Å². The molecule has 0 spiro atoms. The van der Waals surface area contributed by atoms with Crippen molar-refractivity contribution in [3.05, 3.63) is 24.3 Å². The van der Waals surface area contributed by atoms with Crippen LogP contribution in [-0.2, 0) is 10.0 Å². The van der Waals surface area contributed by atoms with Gasteiger partial charge < -0.3 is 10.5 Å². The Bertz CT molecular complexity index is 600. The Hall–Kier alpha value is -1.11. The smallest absolute Gasteiger partial charge is 0.243 e. The van der Waals surface area contributed by atoms with Gasteiger partial charge in [-0.1, -0.05) is 0 Å². The Labute approximate surface area is 126 Å². The molecule has 1 aromatic rings. The topological polar surface area (TPSA) is 72.6 Å². The average molecular weight is 310 g/mol. The normalized spacial score (nSPS) is 30.1. The minimum Gasteiger partial charge on any atom is -0.497 e. The van der Waals surface area contributed by atoms with E-state index in [0.29, 0.717) is 35.6 Å². The Kier molecular flexibility index (Phi) is 3.94. The molecule has 116 valence electrons. The van der Waals surface area contributed by atoms with E-state index in [4.69, 9.17) is 10.5 Å². The zero-order valence-corrected chi connectivity index (χ0v) is 13.1. The van der Waals surface area contributed by atoms with Crippen LogP contribution < -0.4 is 10.5 Å². The molecule has 1 saturated heterocycles. The van der Waals surface area contributed by atoms with Crippen molar-refractivity contribution in [1.82, 2.24) is 4.31 Å². The fourth-order valence-electron chi connectivity index (χ4n) is 3.52. The minimum absolute atomic E-state index is 0.231. The number of fused-ring (bicyclic) bond motifs is 1. The van der Waals surface area contributed by atoms with Crippen LogP contribution in [0, 0.1) is 11.8 Å². The molecule has 5 nitrogen and oxygen atoms in total. The number of nitrogens with zero attached hydrogens (tertiary/aromatic N) is 1. The molecule has 2 fully saturated rings. The maximum absolute atomic E-state index is 12.7. The van der Waals surface area contributed by atoms with Crippen molar-refractivity contribution in [2.24, 2.45) is 17.6 Å². The summed E-state index contributed by atoms with van der Waals surface area (Å²) in [4.78, 5) is 0.339. The van der Waals surface area contributed by atoms with Crippen LogP contribution in [-0.4, -0.2) is 39.0 Å². The fraction of sp³-hybridized carbons (Fsp3) is 0.600. The van der Waals surface area contributed by atoms with Gasteiger partial charge in [0.05, 0.1) is 12.0 Å².